The van der Waals surface area contributed by atoms with Gasteiger partial charge in [0.2, 0.25) is 0 Å². The maximum atomic E-state index is 11.4. The van der Waals surface area contributed by atoms with Crippen molar-refractivity contribution in [2.75, 3.05) is 6.61 Å². The summed E-state index contributed by atoms with van der Waals surface area (Å²) in [7, 11) is 0. The Morgan fingerprint density at radius 2 is 2.07 bits per heavy atom. The van der Waals surface area contributed by atoms with Crippen LogP contribution in [0.3, 0.4) is 0 Å². The van der Waals surface area contributed by atoms with Crippen LogP contribution in [0.1, 0.15) is 22.8 Å². The van der Waals surface area contributed by atoms with Gasteiger partial charge in [-0.1, -0.05) is 18.2 Å². The number of amides is 1. The summed E-state index contributed by atoms with van der Waals surface area (Å²) in [5.41, 5.74) is 2.36. The summed E-state index contributed by atoms with van der Waals surface area (Å²) in [5, 5.41) is 2.75. The Hall–Kier alpha value is -1.77. The topological polar surface area (TPSA) is 38.3 Å². The molecule has 0 fully saturated rings. The Bertz CT molecular complexity index is 396. The third kappa shape index (κ3) is 1.37. The van der Waals surface area contributed by atoms with Gasteiger partial charge in [0.05, 0.1) is 12.3 Å². The molecule has 0 saturated heterocycles. The molecule has 1 aromatic carbocycles. The number of carbonyl (C=O) groups is 1. The lowest BCUT2D eigenvalue weighted by Gasteiger charge is -1.99. The van der Waals surface area contributed by atoms with E-state index in [-0.39, 0.29) is 5.91 Å². The number of hydrogen-bond acceptors (Lipinski definition) is 2. The van der Waals surface area contributed by atoms with Gasteiger partial charge >= 0.3 is 0 Å². The fraction of sp³-hybridized carbons (Fsp3) is 0.182. The van der Waals surface area contributed by atoms with Gasteiger partial charge in [0, 0.05) is 11.1 Å². The van der Waals surface area contributed by atoms with Gasteiger partial charge in [-0.05, 0) is 13.0 Å². The lowest BCUT2D eigenvalue weighted by Crippen LogP contribution is -2.12. The Balaban J connectivity index is 2.39. The third-order valence-corrected chi connectivity index (χ3v) is 2.08. The molecule has 0 radical (unpaired) electrons. The van der Waals surface area contributed by atoms with E-state index in [1.165, 1.54) is 0 Å². The summed E-state index contributed by atoms with van der Waals surface area (Å²) < 4.78 is 5.15. The van der Waals surface area contributed by atoms with Crippen LogP contribution in [-0.2, 0) is 4.74 Å². The number of fused-ring (bicyclic) bond motifs is 1. The molecule has 0 spiro atoms. The molecule has 1 amide bonds. The van der Waals surface area contributed by atoms with Crippen molar-refractivity contribution in [3.05, 3.63) is 41.7 Å². The summed E-state index contributed by atoms with van der Waals surface area (Å²) in [6.45, 7) is 2.50. The molecular formula is C11H11NO2. The summed E-state index contributed by atoms with van der Waals surface area (Å²) in [5.74, 6) is -0.0634. The van der Waals surface area contributed by atoms with Gasteiger partial charge in [0.25, 0.3) is 5.91 Å². The van der Waals surface area contributed by atoms with Crippen LogP contribution < -0.4 is 5.32 Å². The molecule has 1 heterocycles. The zero-order chi connectivity index (χ0) is 9.97. The molecule has 1 aromatic rings. The zero-order valence-corrected chi connectivity index (χ0v) is 7.91. The minimum atomic E-state index is -0.0634. The van der Waals surface area contributed by atoms with Crippen LogP contribution in [0.15, 0.2) is 30.5 Å². The van der Waals surface area contributed by atoms with E-state index >= 15 is 0 Å². The molecule has 2 rings (SSSR count). The van der Waals surface area contributed by atoms with E-state index in [1.54, 1.807) is 12.3 Å². The Morgan fingerprint density at radius 1 is 1.36 bits per heavy atom. The van der Waals surface area contributed by atoms with E-state index in [2.05, 4.69) is 5.32 Å². The van der Waals surface area contributed by atoms with Crippen LogP contribution in [-0.4, -0.2) is 12.5 Å². The molecule has 0 aliphatic carbocycles. The van der Waals surface area contributed by atoms with Crippen molar-refractivity contribution in [1.29, 1.82) is 0 Å². The number of ether oxygens (including phenoxy) is 1. The largest absolute Gasteiger partial charge is 0.499 e. The predicted molar refractivity (Wildman–Crippen MR) is 53.5 cm³/mol. The summed E-state index contributed by atoms with van der Waals surface area (Å²) in [6, 6.07) is 7.45. The number of rotatable bonds is 2. The average molecular weight is 189 g/mol. The van der Waals surface area contributed by atoms with Crippen LogP contribution in [0, 0.1) is 0 Å². The van der Waals surface area contributed by atoms with Crippen LogP contribution in [0.4, 0.5) is 0 Å². The van der Waals surface area contributed by atoms with Crippen molar-refractivity contribution in [1.82, 2.24) is 5.32 Å². The first-order valence-electron chi connectivity index (χ1n) is 4.55. The van der Waals surface area contributed by atoms with Gasteiger partial charge < -0.3 is 10.1 Å². The fourth-order valence-corrected chi connectivity index (χ4v) is 1.43. The maximum absolute atomic E-state index is 11.4. The first kappa shape index (κ1) is 8.81. The van der Waals surface area contributed by atoms with E-state index in [0.717, 1.165) is 11.3 Å². The van der Waals surface area contributed by atoms with Gasteiger partial charge in [-0.2, -0.15) is 0 Å². The lowest BCUT2D eigenvalue weighted by molar-refractivity contribution is 0.0980. The molecule has 72 valence electrons. The number of hydrogen-bond donors (Lipinski definition) is 1. The number of benzene rings is 1. The normalized spacial score (nSPS) is 16.6. The molecule has 14 heavy (non-hydrogen) atoms. The second-order valence-corrected chi connectivity index (χ2v) is 2.99. The van der Waals surface area contributed by atoms with Gasteiger partial charge in [-0.15, -0.1) is 0 Å². The molecule has 0 unspecified atom stereocenters. The lowest BCUT2D eigenvalue weighted by atomic mass is 10.1. The van der Waals surface area contributed by atoms with E-state index in [4.69, 9.17) is 4.74 Å². The van der Waals surface area contributed by atoms with Crippen molar-refractivity contribution in [2.24, 2.45) is 0 Å². The minimum absolute atomic E-state index is 0.0634. The Morgan fingerprint density at radius 3 is 2.79 bits per heavy atom. The molecular weight excluding hydrogens is 178 g/mol. The standard InChI is InChI=1S/C11H11NO2/c1-2-14-7-10-8-5-3-4-6-9(8)11(13)12-10/h3-7H,2H2,1H3,(H,12,13)/b10-7-. The molecule has 3 nitrogen and oxygen atoms in total. The molecule has 0 bridgehead atoms. The SMILES string of the molecule is CCO/C=C1\NC(=O)c2ccccc21. The highest BCUT2D eigenvalue weighted by Gasteiger charge is 2.22. The van der Waals surface area contributed by atoms with Gasteiger partial charge in [-0.25, -0.2) is 0 Å². The van der Waals surface area contributed by atoms with Crippen molar-refractivity contribution >= 4 is 11.6 Å². The van der Waals surface area contributed by atoms with Crippen molar-refractivity contribution < 1.29 is 9.53 Å². The smallest absolute Gasteiger partial charge is 0.256 e. The third-order valence-electron chi connectivity index (χ3n) is 2.08. The molecule has 3 heteroatoms. The minimum Gasteiger partial charge on any atom is -0.499 e. The summed E-state index contributed by atoms with van der Waals surface area (Å²) >= 11 is 0. The van der Waals surface area contributed by atoms with Crippen LogP contribution >= 0.6 is 0 Å². The van der Waals surface area contributed by atoms with E-state index in [0.29, 0.717) is 12.2 Å². The van der Waals surface area contributed by atoms with E-state index < -0.39 is 0 Å². The second-order valence-electron chi connectivity index (χ2n) is 2.99. The monoisotopic (exact) mass is 189 g/mol. The summed E-state index contributed by atoms with van der Waals surface area (Å²) in [6.07, 6.45) is 1.59. The van der Waals surface area contributed by atoms with Gasteiger partial charge in [0.1, 0.15) is 6.26 Å². The fourth-order valence-electron chi connectivity index (χ4n) is 1.43. The molecule has 1 N–H and O–H groups in total. The number of carbonyl (C=O) groups excluding carboxylic acids is 1. The van der Waals surface area contributed by atoms with Crippen molar-refractivity contribution in [2.45, 2.75) is 6.92 Å². The van der Waals surface area contributed by atoms with E-state index in [9.17, 15) is 4.79 Å². The number of nitrogens with one attached hydrogen (secondary N) is 1. The zero-order valence-electron chi connectivity index (χ0n) is 7.91. The quantitative estimate of drug-likeness (QED) is 0.720. The highest BCUT2D eigenvalue weighted by Crippen LogP contribution is 2.23. The van der Waals surface area contributed by atoms with E-state index in [1.807, 2.05) is 25.1 Å². The molecule has 1 aliphatic rings. The highest BCUT2D eigenvalue weighted by molar-refractivity contribution is 6.08. The summed E-state index contributed by atoms with van der Waals surface area (Å²) in [4.78, 5) is 11.4. The molecule has 1 aliphatic heterocycles. The molecule has 0 aromatic heterocycles. The molecule has 0 saturated carbocycles. The van der Waals surface area contributed by atoms with Gasteiger partial charge in [0.15, 0.2) is 0 Å². The Labute approximate surface area is 82.4 Å². The first-order valence-corrected chi connectivity index (χ1v) is 4.55. The predicted octanol–water partition coefficient (Wildman–Crippen LogP) is 1.76. The first-order chi connectivity index (χ1) is 6.83. The molecule has 0 atom stereocenters. The Kier molecular flexibility index (Phi) is 2.23. The van der Waals surface area contributed by atoms with Crippen LogP contribution in [0.25, 0.3) is 5.70 Å². The highest BCUT2D eigenvalue weighted by atomic mass is 16.5. The van der Waals surface area contributed by atoms with Crippen molar-refractivity contribution in [3.63, 3.8) is 0 Å². The maximum Gasteiger partial charge on any atom is 0.256 e. The van der Waals surface area contributed by atoms with Crippen molar-refractivity contribution in [3.8, 4) is 0 Å². The van der Waals surface area contributed by atoms with Crippen LogP contribution in [0.2, 0.25) is 0 Å². The van der Waals surface area contributed by atoms with Gasteiger partial charge in [-0.3, -0.25) is 4.79 Å². The average Bonchev–Trinajstić information content (AvgIpc) is 2.54. The van der Waals surface area contributed by atoms with Crippen LogP contribution in [0.5, 0.6) is 0 Å². The second kappa shape index (κ2) is 3.54.